The number of alkyl halides is 2. The molecule has 0 unspecified atom stereocenters. The van der Waals surface area contributed by atoms with Crippen molar-refractivity contribution in [3.05, 3.63) is 30.1 Å². The Morgan fingerprint density at radius 2 is 2.00 bits per heavy atom. The summed E-state index contributed by atoms with van der Waals surface area (Å²) >= 11 is 0. The van der Waals surface area contributed by atoms with Crippen LogP contribution in [0.3, 0.4) is 0 Å². The minimum atomic E-state index is -3.06. The van der Waals surface area contributed by atoms with Gasteiger partial charge in [0, 0.05) is 44.0 Å². The highest BCUT2D eigenvalue weighted by atomic mass is 19.3. The molecule has 2 aliphatic rings. The second-order valence-electron chi connectivity index (χ2n) is 6.34. The van der Waals surface area contributed by atoms with Crippen LogP contribution in [-0.4, -0.2) is 58.7 Å². The van der Waals surface area contributed by atoms with E-state index in [2.05, 4.69) is 4.98 Å². The number of hydrogen-bond donors (Lipinski definition) is 0. The van der Waals surface area contributed by atoms with Crippen molar-refractivity contribution in [3.8, 4) is 0 Å². The molecule has 2 amide bonds. The molecule has 5 nitrogen and oxygen atoms in total. The molecule has 1 aromatic rings. The van der Waals surface area contributed by atoms with Crippen molar-refractivity contribution in [1.29, 1.82) is 0 Å². The van der Waals surface area contributed by atoms with Crippen molar-refractivity contribution in [3.63, 3.8) is 0 Å². The highest BCUT2D eigenvalue weighted by Gasteiger charge is 2.57. The first kappa shape index (κ1) is 15.8. The fourth-order valence-electron chi connectivity index (χ4n) is 3.63. The monoisotopic (exact) mass is 323 g/mol. The van der Waals surface area contributed by atoms with Gasteiger partial charge in [-0.3, -0.25) is 14.6 Å². The number of nitrogens with zero attached hydrogens (tertiary/aromatic N) is 3. The molecule has 1 atom stereocenters. The van der Waals surface area contributed by atoms with Gasteiger partial charge in [0.05, 0.1) is 12.0 Å². The van der Waals surface area contributed by atoms with Crippen LogP contribution < -0.4 is 0 Å². The molecule has 7 heteroatoms. The lowest BCUT2D eigenvalue weighted by Gasteiger charge is -2.42. The van der Waals surface area contributed by atoms with Crippen LogP contribution in [0, 0.1) is 5.41 Å². The molecule has 2 fully saturated rings. The molecule has 0 bridgehead atoms. The van der Waals surface area contributed by atoms with E-state index in [0.717, 1.165) is 4.90 Å². The van der Waals surface area contributed by atoms with Gasteiger partial charge < -0.3 is 9.80 Å². The van der Waals surface area contributed by atoms with Gasteiger partial charge in [0.15, 0.2) is 0 Å². The number of carbonyl (C=O) groups excluding carboxylic acids is 2. The molecule has 2 aliphatic heterocycles. The van der Waals surface area contributed by atoms with Gasteiger partial charge in [0.2, 0.25) is 5.91 Å². The van der Waals surface area contributed by atoms with Crippen molar-refractivity contribution in [2.75, 3.05) is 26.2 Å². The quantitative estimate of drug-likeness (QED) is 0.834. The lowest BCUT2D eigenvalue weighted by Crippen LogP contribution is -2.57. The fourth-order valence-corrected chi connectivity index (χ4v) is 3.63. The zero-order chi connectivity index (χ0) is 16.7. The predicted octanol–water partition coefficient (Wildman–Crippen LogP) is 1.80. The molecule has 124 valence electrons. The second kappa shape index (κ2) is 5.54. The third-order valence-corrected chi connectivity index (χ3v) is 4.71. The van der Waals surface area contributed by atoms with Crippen molar-refractivity contribution >= 4 is 11.8 Å². The Hall–Kier alpha value is -2.05. The third kappa shape index (κ3) is 2.80. The van der Waals surface area contributed by atoms with Crippen LogP contribution in [0.2, 0.25) is 0 Å². The van der Waals surface area contributed by atoms with Gasteiger partial charge in [-0.15, -0.1) is 0 Å². The number of piperidine rings is 1. The van der Waals surface area contributed by atoms with Crippen molar-refractivity contribution < 1.29 is 18.4 Å². The number of amides is 2. The Labute approximate surface area is 133 Å². The number of hydrogen-bond acceptors (Lipinski definition) is 3. The Morgan fingerprint density at radius 1 is 1.30 bits per heavy atom. The Balaban J connectivity index is 1.88. The maximum absolute atomic E-state index is 14.3. The summed E-state index contributed by atoms with van der Waals surface area (Å²) in [5, 5.41) is 0. The Bertz CT molecular complexity index is 623. The first-order chi connectivity index (χ1) is 10.9. The summed E-state index contributed by atoms with van der Waals surface area (Å²) in [6.07, 6.45) is 2.79. The van der Waals surface area contributed by atoms with Crippen molar-refractivity contribution in [2.24, 2.45) is 5.41 Å². The predicted molar refractivity (Wildman–Crippen MR) is 79.0 cm³/mol. The lowest BCUT2D eigenvalue weighted by molar-refractivity contribution is -0.151. The van der Waals surface area contributed by atoms with E-state index in [9.17, 15) is 18.4 Å². The largest absolute Gasteiger partial charge is 0.342 e. The number of aromatic nitrogens is 1. The van der Waals surface area contributed by atoms with Gasteiger partial charge in [0.25, 0.3) is 11.8 Å². The maximum Gasteiger partial charge on any atom is 0.266 e. The molecular formula is C16H19F2N3O2. The smallest absolute Gasteiger partial charge is 0.266 e. The zero-order valence-corrected chi connectivity index (χ0v) is 13.0. The van der Waals surface area contributed by atoms with E-state index >= 15 is 0 Å². The topological polar surface area (TPSA) is 53.5 Å². The standard InChI is InChI=1S/C16H19F2N3O2/c1-2-20-8-5-15(14(20)23)9-16(17,18)11-21(10-15)13(22)12-3-6-19-7-4-12/h3-4,6-7H,2,5,8-11H2,1H3/t15-/m0/s1. The minimum absolute atomic E-state index is 0.0546. The van der Waals surface area contributed by atoms with E-state index < -0.39 is 30.2 Å². The molecule has 23 heavy (non-hydrogen) atoms. The molecule has 1 aromatic heterocycles. The van der Waals surface area contributed by atoms with Crippen molar-refractivity contribution in [2.45, 2.75) is 25.7 Å². The number of pyridine rings is 1. The van der Waals surface area contributed by atoms with E-state index in [1.807, 2.05) is 6.92 Å². The normalized spacial score (nSPS) is 26.8. The third-order valence-electron chi connectivity index (χ3n) is 4.71. The summed E-state index contributed by atoms with van der Waals surface area (Å²) in [5.41, 5.74) is -0.842. The molecule has 0 saturated carbocycles. The molecule has 0 aromatic carbocycles. The first-order valence-corrected chi connectivity index (χ1v) is 7.73. The van der Waals surface area contributed by atoms with Crippen LogP contribution in [0.1, 0.15) is 30.1 Å². The first-order valence-electron chi connectivity index (χ1n) is 7.73. The van der Waals surface area contributed by atoms with E-state index in [1.54, 1.807) is 4.90 Å². The van der Waals surface area contributed by atoms with Gasteiger partial charge in [-0.2, -0.15) is 0 Å². The van der Waals surface area contributed by atoms with Gasteiger partial charge in [0.1, 0.15) is 0 Å². The summed E-state index contributed by atoms with van der Waals surface area (Å²) in [7, 11) is 0. The average Bonchev–Trinajstić information content (AvgIpc) is 2.81. The Morgan fingerprint density at radius 3 is 2.61 bits per heavy atom. The average molecular weight is 323 g/mol. The van der Waals surface area contributed by atoms with Crippen LogP contribution >= 0.6 is 0 Å². The number of likely N-dealkylation sites (tertiary alicyclic amines) is 2. The SMILES string of the molecule is CCN1CC[C@]2(CN(C(=O)c3ccncc3)CC(F)(F)C2)C1=O. The Kier molecular flexibility index (Phi) is 3.82. The molecule has 0 radical (unpaired) electrons. The van der Waals surface area contributed by atoms with E-state index in [1.165, 1.54) is 24.5 Å². The van der Waals surface area contributed by atoms with Crippen LogP contribution in [0.4, 0.5) is 8.78 Å². The summed E-state index contributed by atoms with van der Waals surface area (Å²) in [5.74, 6) is -3.79. The number of halogens is 2. The van der Waals surface area contributed by atoms with Gasteiger partial charge in [-0.25, -0.2) is 8.78 Å². The van der Waals surface area contributed by atoms with Crippen LogP contribution in [0.15, 0.2) is 24.5 Å². The summed E-state index contributed by atoms with van der Waals surface area (Å²) < 4.78 is 28.5. The van der Waals surface area contributed by atoms with E-state index in [4.69, 9.17) is 0 Å². The van der Waals surface area contributed by atoms with Crippen molar-refractivity contribution in [1.82, 2.24) is 14.8 Å². The van der Waals surface area contributed by atoms with Gasteiger partial charge in [-0.05, 0) is 25.5 Å². The minimum Gasteiger partial charge on any atom is -0.342 e. The zero-order valence-electron chi connectivity index (χ0n) is 13.0. The lowest BCUT2D eigenvalue weighted by atomic mass is 9.76. The van der Waals surface area contributed by atoms with E-state index in [0.29, 0.717) is 25.1 Å². The molecule has 2 saturated heterocycles. The highest BCUT2D eigenvalue weighted by molar-refractivity contribution is 5.95. The second-order valence-corrected chi connectivity index (χ2v) is 6.34. The summed E-state index contributed by atoms with van der Waals surface area (Å²) in [6, 6.07) is 2.99. The molecular weight excluding hydrogens is 304 g/mol. The molecule has 3 rings (SSSR count). The molecule has 0 N–H and O–H groups in total. The number of carbonyl (C=O) groups is 2. The van der Waals surface area contributed by atoms with Crippen LogP contribution in [0.5, 0.6) is 0 Å². The van der Waals surface area contributed by atoms with Crippen LogP contribution in [-0.2, 0) is 4.79 Å². The fraction of sp³-hybridized carbons (Fsp3) is 0.562. The summed E-state index contributed by atoms with van der Waals surface area (Å²) in [4.78, 5) is 31.6. The van der Waals surface area contributed by atoms with Gasteiger partial charge in [-0.1, -0.05) is 0 Å². The molecule has 3 heterocycles. The van der Waals surface area contributed by atoms with Gasteiger partial charge >= 0.3 is 0 Å². The molecule has 1 spiro atoms. The molecule has 0 aliphatic carbocycles. The highest BCUT2D eigenvalue weighted by Crippen LogP contribution is 2.45. The summed E-state index contributed by atoms with van der Waals surface area (Å²) in [6.45, 7) is 2.22. The number of rotatable bonds is 2. The maximum atomic E-state index is 14.3. The van der Waals surface area contributed by atoms with E-state index in [-0.39, 0.29) is 12.5 Å². The van der Waals surface area contributed by atoms with Crippen LogP contribution in [0.25, 0.3) is 0 Å².